The van der Waals surface area contributed by atoms with Gasteiger partial charge < -0.3 is 28.8 Å². The maximum Gasteiger partial charge on any atom is 0.170 e. The lowest BCUT2D eigenvalue weighted by molar-refractivity contribution is -0.249. The summed E-state index contributed by atoms with van der Waals surface area (Å²) >= 11 is 0. The van der Waals surface area contributed by atoms with Gasteiger partial charge in [-0.15, -0.1) is 0 Å². The molecule has 8 aliphatic rings. The number of ether oxygens (including phenoxy) is 5. The van der Waals surface area contributed by atoms with Crippen LogP contribution in [0.4, 0.5) is 0 Å². The van der Waals surface area contributed by atoms with Gasteiger partial charge in [0, 0.05) is 39.0 Å². The molecule has 46 heavy (non-hydrogen) atoms. The van der Waals surface area contributed by atoms with Gasteiger partial charge in [-0.2, -0.15) is 0 Å². The van der Waals surface area contributed by atoms with Crippen LogP contribution in [0.3, 0.4) is 0 Å². The molecule has 0 aromatic rings. The second-order valence-electron chi connectivity index (χ2n) is 18.6. The van der Waals surface area contributed by atoms with Crippen LogP contribution in [0.25, 0.3) is 0 Å². The van der Waals surface area contributed by atoms with Crippen molar-refractivity contribution in [3.05, 3.63) is 0 Å². The molecule has 0 aromatic heterocycles. The molecule has 0 aromatic carbocycles. The quantitative estimate of drug-likeness (QED) is 0.336. The third-order valence-corrected chi connectivity index (χ3v) is 16.0. The summed E-state index contributed by atoms with van der Waals surface area (Å²) in [5, 5.41) is 11.0. The lowest BCUT2D eigenvalue weighted by Crippen LogP contribution is -2.57. The average molecular weight is 644 g/mol. The highest BCUT2D eigenvalue weighted by molar-refractivity contribution is 5.29. The maximum atomic E-state index is 11.0. The lowest BCUT2D eigenvalue weighted by atomic mass is 9.46. The molecule has 0 radical (unpaired) electrons. The number of hydrogen-bond acceptors (Lipinski definition) is 7. The van der Waals surface area contributed by atoms with Crippen LogP contribution >= 0.6 is 0 Å². The summed E-state index contributed by atoms with van der Waals surface area (Å²) in [5.74, 6) is 3.01. The van der Waals surface area contributed by atoms with Crippen LogP contribution in [-0.2, 0) is 23.7 Å². The standard InChI is InChI=1S/C39H65NO6/c1-7-43-34(36(4,5)41)29-10-8-27-30(45-29)22-28-26-9-11-31-35(2,3)32(12-15-39(31)24-38(26,39)17-16-37(27,28)6)46-33-23-40(18-21-44-33)25-13-19-42-20-14-25/h25-34,41H,7-24H2,1-6H3. The second kappa shape index (κ2) is 11.6. The van der Waals surface area contributed by atoms with Crippen LogP contribution in [0.5, 0.6) is 0 Å². The zero-order valence-corrected chi connectivity index (χ0v) is 29.9. The minimum absolute atomic E-state index is 0.00472. The van der Waals surface area contributed by atoms with Crippen molar-refractivity contribution in [2.75, 3.05) is 39.5 Å². The number of hydrogen-bond donors (Lipinski definition) is 1. The molecule has 0 amide bonds. The van der Waals surface area contributed by atoms with Crippen LogP contribution in [-0.4, -0.2) is 91.9 Å². The van der Waals surface area contributed by atoms with E-state index in [0.717, 1.165) is 69.9 Å². The van der Waals surface area contributed by atoms with Gasteiger partial charge in [-0.3, -0.25) is 4.90 Å². The van der Waals surface area contributed by atoms with Crippen LogP contribution < -0.4 is 0 Å². The molecular formula is C39H65NO6. The average Bonchev–Trinajstić information content (AvgIpc) is 3.61. The van der Waals surface area contributed by atoms with E-state index in [4.69, 9.17) is 23.7 Å². The van der Waals surface area contributed by atoms with Crippen molar-refractivity contribution in [2.24, 2.45) is 45.3 Å². The fourth-order valence-electron chi connectivity index (χ4n) is 13.9. The Morgan fingerprint density at radius 2 is 1.67 bits per heavy atom. The molecule has 3 heterocycles. The molecule has 5 aliphatic carbocycles. The van der Waals surface area contributed by atoms with E-state index in [1.165, 1.54) is 57.8 Å². The minimum Gasteiger partial charge on any atom is -0.388 e. The number of aliphatic hydroxyl groups is 1. The Kier molecular flexibility index (Phi) is 8.32. The predicted octanol–water partition coefficient (Wildman–Crippen LogP) is 6.59. The highest BCUT2D eigenvalue weighted by Gasteiger charge is 2.80. The molecule has 3 saturated heterocycles. The predicted molar refractivity (Wildman–Crippen MR) is 177 cm³/mol. The first-order valence-electron chi connectivity index (χ1n) is 19.5. The molecule has 262 valence electrons. The largest absolute Gasteiger partial charge is 0.388 e. The molecule has 3 aliphatic heterocycles. The topological polar surface area (TPSA) is 69.6 Å². The van der Waals surface area contributed by atoms with E-state index in [9.17, 15) is 5.11 Å². The van der Waals surface area contributed by atoms with E-state index in [-0.39, 0.29) is 30.0 Å². The molecule has 7 heteroatoms. The Bertz CT molecular complexity index is 1120. The molecule has 2 spiro atoms. The molecule has 8 rings (SSSR count). The molecule has 12 unspecified atom stereocenters. The molecule has 1 N–H and O–H groups in total. The number of fused-ring (bicyclic) bond motifs is 4. The summed E-state index contributed by atoms with van der Waals surface area (Å²) in [5.41, 5.74) is 0.720. The third kappa shape index (κ3) is 4.97. The summed E-state index contributed by atoms with van der Waals surface area (Å²) in [6, 6.07) is 0.619. The number of morpholine rings is 1. The first-order chi connectivity index (χ1) is 21.9. The Labute approximate surface area is 279 Å². The van der Waals surface area contributed by atoms with Gasteiger partial charge in [0.1, 0.15) is 6.10 Å². The molecule has 5 saturated carbocycles. The van der Waals surface area contributed by atoms with Crippen LogP contribution in [0.2, 0.25) is 0 Å². The van der Waals surface area contributed by atoms with Gasteiger partial charge in [-0.25, -0.2) is 0 Å². The Balaban J connectivity index is 0.952. The molecule has 8 fully saturated rings. The van der Waals surface area contributed by atoms with E-state index in [1.807, 2.05) is 20.8 Å². The van der Waals surface area contributed by atoms with Crippen LogP contribution in [0.1, 0.15) is 119 Å². The third-order valence-electron chi connectivity index (χ3n) is 16.0. The Morgan fingerprint density at radius 1 is 0.891 bits per heavy atom. The first kappa shape index (κ1) is 32.9. The lowest BCUT2D eigenvalue weighted by Gasteiger charge is -2.60. The summed E-state index contributed by atoms with van der Waals surface area (Å²) in [4.78, 5) is 2.63. The van der Waals surface area contributed by atoms with Gasteiger partial charge in [0.25, 0.3) is 0 Å². The van der Waals surface area contributed by atoms with Gasteiger partial charge >= 0.3 is 0 Å². The van der Waals surface area contributed by atoms with Gasteiger partial charge in [-0.05, 0) is 143 Å². The van der Waals surface area contributed by atoms with Crippen molar-refractivity contribution >= 4 is 0 Å². The number of nitrogens with zero attached hydrogens (tertiary/aromatic N) is 1. The van der Waals surface area contributed by atoms with Crippen LogP contribution in [0.15, 0.2) is 0 Å². The smallest absolute Gasteiger partial charge is 0.170 e. The van der Waals surface area contributed by atoms with Gasteiger partial charge in [0.2, 0.25) is 0 Å². The Morgan fingerprint density at radius 3 is 2.43 bits per heavy atom. The van der Waals surface area contributed by atoms with Crippen molar-refractivity contribution < 1.29 is 28.8 Å². The number of rotatable bonds is 7. The SMILES string of the molecule is CCOC(C1CCC2C(CC3C4CCC5C(C)(C)C(OC6CN(C7CCOCC7)CCO6)CCC56CC46CCC23C)O1)C(C)(C)O. The summed E-state index contributed by atoms with van der Waals surface area (Å²) in [7, 11) is 0. The van der Waals surface area contributed by atoms with Crippen molar-refractivity contribution in [3.63, 3.8) is 0 Å². The monoisotopic (exact) mass is 643 g/mol. The van der Waals surface area contributed by atoms with E-state index in [0.29, 0.717) is 40.9 Å². The summed E-state index contributed by atoms with van der Waals surface area (Å²) in [6.07, 6.45) is 15.5. The van der Waals surface area contributed by atoms with Gasteiger partial charge in [0.05, 0.1) is 30.5 Å². The van der Waals surface area contributed by atoms with Gasteiger partial charge in [-0.1, -0.05) is 20.8 Å². The first-order valence-corrected chi connectivity index (χ1v) is 19.5. The van der Waals surface area contributed by atoms with E-state index < -0.39 is 5.60 Å². The summed E-state index contributed by atoms with van der Waals surface area (Å²) in [6.45, 7) is 18.7. The minimum atomic E-state index is -0.895. The van der Waals surface area contributed by atoms with Gasteiger partial charge in [0.15, 0.2) is 6.29 Å². The van der Waals surface area contributed by atoms with Crippen molar-refractivity contribution in [1.82, 2.24) is 4.90 Å². The van der Waals surface area contributed by atoms with E-state index in [2.05, 4.69) is 25.7 Å². The summed E-state index contributed by atoms with van der Waals surface area (Å²) < 4.78 is 32.0. The highest BCUT2D eigenvalue weighted by atomic mass is 16.7. The molecule has 12 atom stereocenters. The van der Waals surface area contributed by atoms with Crippen LogP contribution in [0, 0.1) is 45.3 Å². The van der Waals surface area contributed by atoms with E-state index >= 15 is 0 Å². The maximum absolute atomic E-state index is 11.0. The fraction of sp³-hybridized carbons (Fsp3) is 1.00. The fourth-order valence-corrected chi connectivity index (χ4v) is 13.9. The molecule has 0 bridgehead atoms. The van der Waals surface area contributed by atoms with Crippen molar-refractivity contribution in [2.45, 2.75) is 161 Å². The zero-order chi connectivity index (χ0) is 32.1. The zero-order valence-electron chi connectivity index (χ0n) is 29.9. The van der Waals surface area contributed by atoms with Crippen molar-refractivity contribution in [3.8, 4) is 0 Å². The van der Waals surface area contributed by atoms with E-state index in [1.54, 1.807) is 0 Å². The Hall–Kier alpha value is -0.280. The molecule has 7 nitrogen and oxygen atoms in total. The normalized spacial score (nSPS) is 49.6. The second-order valence-corrected chi connectivity index (χ2v) is 18.6. The highest BCUT2D eigenvalue weighted by Crippen LogP contribution is 2.87. The van der Waals surface area contributed by atoms with Crippen molar-refractivity contribution in [1.29, 1.82) is 0 Å². The molecular weight excluding hydrogens is 578 g/mol.